The minimum atomic E-state index is -2.66. The summed E-state index contributed by atoms with van der Waals surface area (Å²) in [7, 11) is -2.66. The van der Waals surface area contributed by atoms with Crippen LogP contribution in [0.3, 0.4) is 0 Å². The smallest absolute Gasteiger partial charge is 0.320 e. The topological polar surface area (TPSA) is 18.5 Å². The number of rotatable bonds is 4. The van der Waals surface area contributed by atoms with Gasteiger partial charge in [0.05, 0.1) is 0 Å². The molecule has 0 unspecified atom stereocenters. The largest absolute Gasteiger partial charge is 0.531 e. The second-order valence-electron chi connectivity index (χ2n) is 9.55. The van der Waals surface area contributed by atoms with Gasteiger partial charge in [0.25, 0.3) is 0 Å². The first-order valence-corrected chi connectivity index (χ1v) is 12.2. The molecule has 3 aromatic rings. The van der Waals surface area contributed by atoms with Crippen molar-refractivity contribution in [1.82, 2.24) is 0 Å². The zero-order valence-electron chi connectivity index (χ0n) is 18.0. The van der Waals surface area contributed by atoms with Gasteiger partial charge in [-0.1, -0.05) is 93.6 Å². The molecule has 4 rings (SSSR count). The molecule has 150 valence electrons. The van der Waals surface area contributed by atoms with Crippen LogP contribution in [0.5, 0.6) is 11.5 Å². The van der Waals surface area contributed by atoms with Crippen LogP contribution < -0.4 is 19.5 Å². The van der Waals surface area contributed by atoms with E-state index in [1.54, 1.807) is 0 Å². The number of para-hydroxylation sites is 1. The molecule has 0 radical (unpaired) electrons. The van der Waals surface area contributed by atoms with Crippen LogP contribution in [0.1, 0.15) is 40.2 Å². The molecule has 0 aliphatic carbocycles. The second-order valence-corrected chi connectivity index (χ2v) is 13.8. The third-order valence-corrected chi connectivity index (χ3v) is 10.7. The maximum absolute atomic E-state index is 7.19. The summed E-state index contributed by atoms with van der Waals surface area (Å²) >= 11 is 0. The molecule has 0 bridgehead atoms. The predicted octanol–water partition coefficient (Wildman–Crippen LogP) is 5.34. The summed E-state index contributed by atoms with van der Waals surface area (Å²) in [5.41, 5.74) is 1.03. The lowest BCUT2D eigenvalue weighted by molar-refractivity contribution is 0.135. The van der Waals surface area contributed by atoms with Crippen molar-refractivity contribution < 1.29 is 9.16 Å². The minimum absolute atomic E-state index is 0.0768. The summed E-state index contributed by atoms with van der Waals surface area (Å²) in [4.78, 5) is 0. The molecule has 0 saturated carbocycles. The number of hydrogen-bond acceptors (Lipinski definition) is 2. The molecule has 29 heavy (non-hydrogen) atoms. The van der Waals surface area contributed by atoms with Gasteiger partial charge in [0.1, 0.15) is 11.4 Å². The zero-order valence-corrected chi connectivity index (χ0v) is 19.0. The molecule has 0 saturated heterocycles. The molecule has 2 nitrogen and oxygen atoms in total. The number of hydrogen-bond donors (Lipinski definition) is 0. The lowest BCUT2D eigenvalue weighted by Crippen LogP contribution is -2.68. The first kappa shape index (κ1) is 19.8. The highest BCUT2D eigenvalue weighted by molar-refractivity contribution is 7.00. The summed E-state index contributed by atoms with van der Waals surface area (Å²) in [5, 5.41) is 2.47. The number of benzene rings is 3. The maximum Gasteiger partial charge on any atom is 0.320 e. The Labute approximate surface area is 175 Å². The van der Waals surface area contributed by atoms with Crippen molar-refractivity contribution in [1.29, 1.82) is 0 Å². The highest BCUT2D eigenvalue weighted by Crippen LogP contribution is 2.45. The molecular weight excluding hydrogens is 372 g/mol. The fourth-order valence-corrected chi connectivity index (χ4v) is 8.90. The fraction of sp³-hybridized carbons (Fsp3) is 0.308. The van der Waals surface area contributed by atoms with Gasteiger partial charge in [0, 0.05) is 12.0 Å². The van der Waals surface area contributed by atoms with E-state index in [-0.39, 0.29) is 10.6 Å². The van der Waals surface area contributed by atoms with E-state index in [0.29, 0.717) is 0 Å². The van der Waals surface area contributed by atoms with E-state index in [0.717, 1.165) is 17.9 Å². The molecule has 3 heteroatoms. The van der Waals surface area contributed by atoms with Crippen molar-refractivity contribution in [3.8, 4) is 11.5 Å². The molecule has 3 aromatic carbocycles. The van der Waals surface area contributed by atoms with E-state index in [1.165, 1.54) is 15.9 Å². The van der Waals surface area contributed by atoms with Crippen molar-refractivity contribution in [2.24, 2.45) is 0 Å². The Hall–Kier alpha value is -2.52. The van der Waals surface area contributed by atoms with Gasteiger partial charge in [-0.25, -0.2) is 0 Å². The SMILES string of the molecule is CC1(C)Cc2cccc(O[Si](c3ccccc3)(c3ccccc3)C(C)(C)C)c2O1. The van der Waals surface area contributed by atoms with E-state index >= 15 is 0 Å². The molecule has 0 amide bonds. The van der Waals surface area contributed by atoms with Crippen molar-refractivity contribution in [3.05, 3.63) is 84.4 Å². The van der Waals surface area contributed by atoms with E-state index in [4.69, 9.17) is 9.16 Å². The van der Waals surface area contributed by atoms with E-state index in [2.05, 4.69) is 113 Å². The Bertz CT molecular complexity index is 949. The van der Waals surface area contributed by atoms with Crippen molar-refractivity contribution in [2.45, 2.75) is 51.7 Å². The molecule has 0 spiro atoms. The average molecular weight is 403 g/mol. The summed E-state index contributed by atoms with van der Waals surface area (Å²) < 4.78 is 13.5. The quantitative estimate of drug-likeness (QED) is 0.549. The zero-order chi connectivity index (χ0) is 20.7. The van der Waals surface area contributed by atoms with Crippen LogP contribution in [0.2, 0.25) is 5.04 Å². The highest BCUT2D eigenvalue weighted by Gasteiger charge is 2.52. The van der Waals surface area contributed by atoms with Crippen LogP contribution in [0.25, 0.3) is 0 Å². The van der Waals surface area contributed by atoms with Gasteiger partial charge in [0.15, 0.2) is 5.75 Å². The van der Waals surface area contributed by atoms with Crippen LogP contribution in [0, 0.1) is 0 Å². The molecular formula is C26H30O2Si. The Morgan fingerprint density at radius 2 is 1.34 bits per heavy atom. The van der Waals surface area contributed by atoms with Crippen LogP contribution in [-0.4, -0.2) is 13.9 Å². The molecule has 1 aliphatic rings. The average Bonchev–Trinajstić information content (AvgIpc) is 3.01. The van der Waals surface area contributed by atoms with Crippen LogP contribution in [0.4, 0.5) is 0 Å². The molecule has 0 fully saturated rings. The third kappa shape index (κ3) is 3.48. The molecule has 0 N–H and O–H groups in total. The second kappa shape index (κ2) is 7.07. The molecule has 0 aromatic heterocycles. The van der Waals surface area contributed by atoms with Crippen molar-refractivity contribution in [2.75, 3.05) is 0 Å². The van der Waals surface area contributed by atoms with E-state index < -0.39 is 8.32 Å². The third-order valence-electron chi connectivity index (χ3n) is 5.73. The molecule has 1 aliphatic heterocycles. The van der Waals surface area contributed by atoms with Gasteiger partial charge in [0.2, 0.25) is 0 Å². The van der Waals surface area contributed by atoms with Gasteiger partial charge < -0.3 is 9.16 Å². The van der Waals surface area contributed by atoms with Gasteiger partial charge in [-0.05, 0) is 35.3 Å². The van der Waals surface area contributed by atoms with Gasteiger partial charge in [-0.3, -0.25) is 0 Å². The summed E-state index contributed by atoms with van der Waals surface area (Å²) in [6.45, 7) is 11.2. The summed E-state index contributed by atoms with van der Waals surface area (Å²) in [6, 6.07) is 27.8. The highest BCUT2D eigenvalue weighted by atomic mass is 28.4. The Kier molecular flexibility index (Phi) is 4.82. The van der Waals surface area contributed by atoms with Crippen molar-refractivity contribution in [3.63, 3.8) is 0 Å². The van der Waals surface area contributed by atoms with Gasteiger partial charge in [-0.15, -0.1) is 0 Å². The lowest BCUT2D eigenvalue weighted by atomic mass is 10.0. The predicted molar refractivity (Wildman–Crippen MR) is 123 cm³/mol. The summed E-state index contributed by atoms with van der Waals surface area (Å²) in [5.74, 6) is 1.77. The van der Waals surface area contributed by atoms with Gasteiger partial charge >= 0.3 is 8.32 Å². The standard InChI is InChI=1S/C26H30O2Si/c1-25(2,3)29(21-14-8-6-9-15-21,22-16-10-7-11-17-22)28-23-18-12-13-20-19-26(4,5)27-24(20)23/h6-18H,19H2,1-5H3. The minimum Gasteiger partial charge on any atom is -0.531 e. The molecule has 0 atom stereocenters. The van der Waals surface area contributed by atoms with E-state index in [1.807, 2.05) is 0 Å². The number of fused-ring (bicyclic) bond motifs is 1. The normalized spacial score (nSPS) is 15.5. The van der Waals surface area contributed by atoms with E-state index in [9.17, 15) is 0 Å². The Balaban J connectivity index is 1.93. The first-order valence-electron chi connectivity index (χ1n) is 10.3. The summed E-state index contributed by atoms with van der Waals surface area (Å²) in [6.07, 6.45) is 0.903. The van der Waals surface area contributed by atoms with Crippen LogP contribution in [0.15, 0.2) is 78.9 Å². The Morgan fingerprint density at radius 1 is 0.793 bits per heavy atom. The van der Waals surface area contributed by atoms with Gasteiger partial charge in [-0.2, -0.15) is 0 Å². The maximum atomic E-state index is 7.19. The van der Waals surface area contributed by atoms with Crippen LogP contribution >= 0.6 is 0 Å². The van der Waals surface area contributed by atoms with Crippen LogP contribution in [-0.2, 0) is 6.42 Å². The number of ether oxygens (including phenoxy) is 1. The molecule has 1 heterocycles. The fourth-order valence-electron chi connectivity index (χ4n) is 4.48. The monoisotopic (exact) mass is 402 g/mol. The van der Waals surface area contributed by atoms with Crippen molar-refractivity contribution >= 4 is 18.7 Å². The Morgan fingerprint density at radius 3 is 1.86 bits per heavy atom. The lowest BCUT2D eigenvalue weighted by Gasteiger charge is -2.43. The first-order chi connectivity index (χ1) is 13.7.